The van der Waals surface area contributed by atoms with Gasteiger partial charge in [-0.1, -0.05) is 0 Å². The SMILES string of the molecule is CNC(=O)c1oc(O)c(C(C)=O)c1C.[Na]. The van der Waals surface area contributed by atoms with Crippen LogP contribution < -0.4 is 5.32 Å². The van der Waals surface area contributed by atoms with E-state index < -0.39 is 11.9 Å². The Hall–Kier alpha value is -0.780. The van der Waals surface area contributed by atoms with E-state index in [0.29, 0.717) is 5.56 Å². The third kappa shape index (κ3) is 2.62. The van der Waals surface area contributed by atoms with Gasteiger partial charge in [0.1, 0.15) is 5.56 Å². The van der Waals surface area contributed by atoms with Crippen molar-refractivity contribution >= 4 is 41.2 Å². The molecule has 15 heavy (non-hydrogen) atoms. The van der Waals surface area contributed by atoms with Gasteiger partial charge in [0.15, 0.2) is 11.5 Å². The fourth-order valence-corrected chi connectivity index (χ4v) is 1.24. The van der Waals surface area contributed by atoms with Gasteiger partial charge in [0, 0.05) is 42.2 Å². The molecule has 0 spiro atoms. The molecule has 1 aromatic heterocycles. The Kier molecular flexibility index (Phi) is 5.07. The fourth-order valence-electron chi connectivity index (χ4n) is 1.24. The maximum Gasteiger partial charge on any atom is 0.294 e. The van der Waals surface area contributed by atoms with Crippen LogP contribution in [0.25, 0.3) is 0 Å². The Balaban J connectivity index is 0.00000196. The zero-order chi connectivity index (χ0) is 10.9. The summed E-state index contributed by atoms with van der Waals surface area (Å²) in [6.07, 6.45) is 0. The average Bonchev–Trinajstić information content (AvgIpc) is 2.40. The molecule has 1 radical (unpaired) electrons. The van der Waals surface area contributed by atoms with Crippen LogP contribution in [0.4, 0.5) is 0 Å². The molecule has 0 bridgehead atoms. The van der Waals surface area contributed by atoms with E-state index in [9.17, 15) is 14.7 Å². The standard InChI is InChI=1S/C9H11NO4.Na/c1-4-6(5(2)11)9(13)14-7(4)8(12)10-3;/h13H,1-3H3,(H,10,12);. The molecule has 0 atom stereocenters. The van der Waals surface area contributed by atoms with Crippen molar-refractivity contribution in [2.75, 3.05) is 7.05 Å². The number of carbonyl (C=O) groups excluding carboxylic acids is 2. The van der Waals surface area contributed by atoms with Gasteiger partial charge < -0.3 is 14.8 Å². The molecule has 0 saturated carbocycles. The van der Waals surface area contributed by atoms with Crippen LogP contribution in [0, 0.1) is 6.92 Å². The quantitative estimate of drug-likeness (QED) is 0.561. The number of aromatic hydroxyl groups is 1. The van der Waals surface area contributed by atoms with Crippen molar-refractivity contribution in [1.29, 1.82) is 0 Å². The largest absolute Gasteiger partial charge is 0.480 e. The molecular formula is C9H11NNaO4. The smallest absolute Gasteiger partial charge is 0.294 e. The molecule has 1 rings (SSSR count). The minimum atomic E-state index is -0.506. The number of hydrogen-bond donors (Lipinski definition) is 2. The number of Topliss-reactive ketones (excluding diaryl/α,β-unsaturated/α-hetero) is 1. The van der Waals surface area contributed by atoms with Crippen molar-refractivity contribution in [3.63, 3.8) is 0 Å². The maximum absolute atomic E-state index is 11.2. The van der Waals surface area contributed by atoms with E-state index in [2.05, 4.69) is 5.32 Å². The molecule has 5 nitrogen and oxygen atoms in total. The summed E-state index contributed by atoms with van der Waals surface area (Å²) in [6, 6.07) is 0. The Morgan fingerprint density at radius 2 is 1.93 bits per heavy atom. The second-order valence-corrected chi connectivity index (χ2v) is 2.87. The molecule has 0 aromatic carbocycles. The topological polar surface area (TPSA) is 79.5 Å². The van der Waals surface area contributed by atoms with Crippen LogP contribution in [-0.2, 0) is 0 Å². The summed E-state index contributed by atoms with van der Waals surface area (Å²) in [5, 5.41) is 11.6. The van der Waals surface area contributed by atoms with Gasteiger partial charge >= 0.3 is 0 Å². The van der Waals surface area contributed by atoms with Crippen LogP contribution in [0.2, 0.25) is 0 Å². The summed E-state index contributed by atoms with van der Waals surface area (Å²) >= 11 is 0. The Bertz CT molecular complexity index is 397. The molecule has 0 unspecified atom stereocenters. The Labute approximate surface area is 109 Å². The van der Waals surface area contributed by atoms with Gasteiger partial charge in [-0.25, -0.2) is 0 Å². The van der Waals surface area contributed by atoms with Crippen molar-refractivity contribution in [2.24, 2.45) is 0 Å². The van der Waals surface area contributed by atoms with Crippen LogP contribution in [-0.4, -0.2) is 53.4 Å². The van der Waals surface area contributed by atoms with Crippen LogP contribution >= 0.6 is 0 Å². The summed E-state index contributed by atoms with van der Waals surface area (Å²) in [7, 11) is 1.44. The summed E-state index contributed by atoms with van der Waals surface area (Å²) in [5.74, 6) is -1.34. The van der Waals surface area contributed by atoms with Gasteiger partial charge in [0.05, 0.1) is 0 Å². The zero-order valence-corrected chi connectivity index (χ0v) is 11.2. The van der Waals surface area contributed by atoms with Crippen molar-refractivity contribution in [3.8, 4) is 5.95 Å². The van der Waals surface area contributed by atoms with Crippen molar-refractivity contribution in [2.45, 2.75) is 13.8 Å². The molecular weight excluding hydrogens is 209 g/mol. The molecule has 0 aliphatic heterocycles. The molecule has 1 heterocycles. The van der Waals surface area contributed by atoms with Crippen molar-refractivity contribution in [1.82, 2.24) is 5.32 Å². The van der Waals surface area contributed by atoms with E-state index in [4.69, 9.17) is 4.42 Å². The molecule has 1 amide bonds. The zero-order valence-electron chi connectivity index (χ0n) is 9.17. The van der Waals surface area contributed by atoms with Crippen molar-refractivity contribution in [3.05, 3.63) is 16.9 Å². The number of rotatable bonds is 2. The molecule has 77 valence electrons. The third-order valence-electron chi connectivity index (χ3n) is 1.91. The normalized spacial score (nSPS) is 9.27. The monoisotopic (exact) mass is 220 g/mol. The fraction of sp³-hybridized carbons (Fsp3) is 0.333. The number of hydrogen-bond acceptors (Lipinski definition) is 4. The molecule has 6 heteroatoms. The van der Waals surface area contributed by atoms with E-state index in [-0.39, 0.29) is 46.7 Å². The van der Waals surface area contributed by atoms with E-state index in [1.54, 1.807) is 6.92 Å². The number of ketones is 1. The first-order chi connectivity index (χ1) is 6.49. The second-order valence-electron chi connectivity index (χ2n) is 2.87. The van der Waals surface area contributed by atoms with Gasteiger partial charge in [-0.3, -0.25) is 9.59 Å². The number of carbonyl (C=O) groups is 2. The van der Waals surface area contributed by atoms with E-state index in [0.717, 1.165) is 0 Å². The van der Waals surface area contributed by atoms with Gasteiger partial charge in [-0.05, 0) is 13.8 Å². The van der Waals surface area contributed by atoms with Gasteiger partial charge in [0.2, 0.25) is 0 Å². The molecule has 0 aliphatic rings. The summed E-state index contributed by atoms with van der Waals surface area (Å²) < 4.78 is 4.78. The predicted molar refractivity (Wildman–Crippen MR) is 54.3 cm³/mol. The predicted octanol–water partition coefficient (Wildman–Crippen LogP) is 0.475. The summed E-state index contributed by atoms with van der Waals surface area (Å²) in [6.45, 7) is 2.84. The van der Waals surface area contributed by atoms with Crippen LogP contribution in [0.15, 0.2) is 4.42 Å². The molecule has 2 N–H and O–H groups in total. The van der Waals surface area contributed by atoms with E-state index in [1.807, 2.05) is 0 Å². The van der Waals surface area contributed by atoms with Crippen molar-refractivity contribution < 1.29 is 19.1 Å². The van der Waals surface area contributed by atoms with Crippen LogP contribution in [0.1, 0.15) is 33.4 Å². The molecule has 0 saturated heterocycles. The number of furan rings is 1. The van der Waals surface area contributed by atoms with E-state index in [1.165, 1.54) is 14.0 Å². The Morgan fingerprint density at radius 3 is 2.27 bits per heavy atom. The number of amides is 1. The molecule has 0 fully saturated rings. The minimum absolute atomic E-state index is 0. The second kappa shape index (κ2) is 5.34. The summed E-state index contributed by atoms with van der Waals surface area (Å²) in [5.41, 5.74) is 0.415. The first kappa shape index (κ1) is 14.2. The van der Waals surface area contributed by atoms with Gasteiger partial charge in [-0.2, -0.15) is 0 Å². The Morgan fingerprint density at radius 1 is 1.40 bits per heavy atom. The minimum Gasteiger partial charge on any atom is -0.480 e. The third-order valence-corrected chi connectivity index (χ3v) is 1.91. The van der Waals surface area contributed by atoms with Crippen LogP contribution in [0.3, 0.4) is 0 Å². The first-order valence-electron chi connectivity index (χ1n) is 4.04. The average molecular weight is 220 g/mol. The maximum atomic E-state index is 11.2. The molecule has 1 aromatic rings. The van der Waals surface area contributed by atoms with Crippen LogP contribution in [0.5, 0.6) is 5.95 Å². The van der Waals surface area contributed by atoms with Gasteiger partial charge in [-0.15, -0.1) is 0 Å². The van der Waals surface area contributed by atoms with E-state index >= 15 is 0 Å². The first-order valence-corrected chi connectivity index (χ1v) is 4.04. The number of nitrogens with one attached hydrogen (secondary N) is 1. The summed E-state index contributed by atoms with van der Waals surface area (Å²) in [4.78, 5) is 22.3. The molecule has 0 aliphatic carbocycles. The van der Waals surface area contributed by atoms with Gasteiger partial charge in [0.25, 0.3) is 11.9 Å².